The smallest absolute Gasteiger partial charge is 0.0589 e. The van der Waals surface area contributed by atoms with Gasteiger partial charge in [0, 0.05) is 19.7 Å². The van der Waals surface area contributed by atoms with Crippen LogP contribution >= 0.6 is 0 Å². The van der Waals surface area contributed by atoms with Crippen molar-refractivity contribution in [2.24, 2.45) is 11.7 Å². The number of hydrogen-bond acceptors (Lipinski definition) is 3. The highest BCUT2D eigenvalue weighted by molar-refractivity contribution is 4.79. The summed E-state index contributed by atoms with van der Waals surface area (Å²) < 4.78 is 5.21. The third-order valence-corrected chi connectivity index (χ3v) is 4.14. The summed E-state index contributed by atoms with van der Waals surface area (Å²) in [6.07, 6.45) is 8.02. The molecule has 3 heteroatoms. The second kappa shape index (κ2) is 8.90. The number of rotatable bonds is 8. The predicted octanol–water partition coefficient (Wildman–Crippen LogP) is 2.25. The van der Waals surface area contributed by atoms with E-state index < -0.39 is 0 Å². The van der Waals surface area contributed by atoms with Crippen molar-refractivity contribution in [2.45, 2.75) is 51.5 Å². The van der Waals surface area contributed by atoms with Crippen LogP contribution in [0.3, 0.4) is 0 Å². The molecule has 1 aliphatic rings. The van der Waals surface area contributed by atoms with Gasteiger partial charge in [-0.1, -0.05) is 13.3 Å². The van der Waals surface area contributed by atoms with Gasteiger partial charge in [-0.25, -0.2) is 0 Å². The van der Waals surface area contributed by atoms with Crippen LogP contribution in [-0.4, -0.2) is 44.3 Å². The highest BCUT2D eigenvalue weighted by atomic mass is 16.5. The van der Waals surface area contributed by atoms with Gasteiger partial charge in [0.05, 0.1) is 6.61 Å². The maximum absolute atomic E-state index is 5.62. The molecule has 0 aliphatic heterocycles. The molecule has 3 nitrogen and oxygen atoms in total. The van der Waals surface area contributed by atoms with Gasteiger partial charge < -0.3 is 10.5 Å². The molecule has 0 spiro atoms. The number of methoxy groups -OCH3 is 1. The molecule has 2 N–H and O–H groups in total. The van der Waals surface area contributed by atoms with Crippen LogP contribution in [0.15, 0.2) is 0 Å². The van der Waals surface area contributed by atoms with Crippen LogP contribution in [0.1, 0.15) is 45.4 Å². The lowest BCUT2D eigenvalue weighted by Crippen LogP contribution is -2.41. The minimum Gasteiger partial charge on any atom is -0.383 e. The van der Waals surface area contributed by atoms with E-state index in [9.17, 15) is 0 Å². The summed E-state index contributed by atoms with van der Waals surface area (Å²) in [5, 5.41) is 0. The summed E-state index contributed by atoms with van der Waals surface area (Å²) in [5.41, 5.74) is 5.62. The van der Waals surface area contributed by atoms with Crippen molar-refractivity contribution < 1.29 is 4.74 Å². The fourth-order valence-corrected chi connectivity index (χ4v) is 2.90. The molecule has 1 fully saturated rings. The van der Waals surface area contributed by atoms with Gasteiger partial charge in [-0.3, -0.25) is 4.90 Å². The van der Waals surface area contributed by atoms with Crippen molar-refractivity contribution in [2.75, 3.05) is 33.4 Å². The first-order valence-electron chi connectivity index (χ1n) is 7.24. The zero-order chi connectivity index (χ0) is 12.5. The van der Waals surface area contributed by atoms with Crippen LogP contribution in [-0.2, 0) is 4.74 Å². The highest BCUT2D eigenvalue weighted by Crippen LogP contribution is 2.29. The van der Waals surface area contributed by atoms with E-state index in [1.54, 1.807) is 7.11 Å². The van der Waals surface area contributed by atoms with Crippen molar-refractivity contribution in [3.05, 3.63) is 0 Å². The van der Waals surface area contributed by atoms with Gasteiger partial charge in [0.2, 0.25) is 0 Å². The molecule has 1 aliphatic carbocycles. The summed E-state index contributed by atoms with van der Waals surface area (Å²) in [6, 6.07) is 0.777. The molecule has 0 amide bonds. The van der Waals surface area contributed by atoms with Crippen molar-refractivity contribution in [3.63, 3.8) is 0 Å². The molecule has 1 saturated carbocycles. The minimum absolute atomic E-state index is 0.777. The monoisotopic (exact) mass is 242 g/mol. The van der Waals surface area contributed by atoms with E-state index in [1.165, 1.54) is 32.1 Å². The van der Waals surface area contributed by atoms with Gasteiger partial charge in [-0.05, 0) is 51.1 Å². The Kier molecular flexibility index (Phi) is 7.82. The fourth-order valence-electron chi connectivity index (χ4n) is 2.90. The first-order chi connectivity index (χ1) is 8.31. The SMILES string of the molecule is CCC1CCC(N(CCCN)CCOC)CC1. The molecule has 0 aromatic rings. The lowest BCUT2D eigenvalue weighted by Gasteiger charge is -2.36. The zero-order valence-corrected chi connectivity index (χ0v) is 11.7. The largest absolute Gasteiger partial charge is 0.383 e. The maximum Gasteiger partial charge on any atom is 0.0589 e. The molecule has 0 bridgehead atoms. The van der Waals surface area contributed by atoms with Gasteiger partial charge in [0.25, 0.3) is 0 Å². The maximum atomic E-state index is 5.62. The molecule has 0 atom stereocenters. The molecule has 0 radical (unpaired) electrons. The first kappa shape index (κ1) is 14.9. The molecule has 17 heavy (non-hydrogen) atoms. The molecule has 0 aromatic carbocycles. The Bertz CT molecular complexity index is 171. The summed E-state index contributed by atoms with van der Waals surface area (Å²) >= 11 is 0. The Hall–Kier alpha value is -0.120. The quantitative estimate of drug-likeness (QED) is 0.709. The lowest BCUT2D eigenvalue weighted by atomic mass is 9.84. The van der Waals surface area contributed by atoms with Crippen LogP contribution in [0.5, 0.6) is 0 Å². The average molecular weight is 242 g/mol. The van der Waals surface area contributed by atoms with E-state index in [0.717, 1.165) is 44.6 Å². The van der Waals surface area contributed by atoms with E-state index >= 15 is 0 Å². The van der Waals surface area contributed by atoms with Crippen LogP contribution in [0.25, 0.3) is 0 Å². The predicted molar refractivity (Wildman–Crippen MR) is 73.2 cm³/mol. The van der Waals surface area contributed by atoms with Crippen molar-refractivity contribution >= 4 is 0 Å². The van der Waals surface area contributed by atoms with Crippen LogP contribution in [0, 0.1) is 5.92 Å². The Morgan fingerprint density at radius 3 is 2.41 bits per heavy atom. The van der Waals surface area contributed by atoms with E-state index in [0.29, 0.717) is 0 Å². The topological polar surface area (TPSA) is 38.5 Å². The number of ether oxygens (including phenoxy) is 1. The Balaban J connectivity index is 2.34. The molecule has 102 valence electrons. The van der Waals surface area contributed by atoms with Crippen molar-refractivity contribution in [1.82, 2.24) is 4.90 Å². The van der Waals surface area contributed by atoms with Gasteiger partial charge in [-0.15, -0.1) is 0 Å². The second-order valence-electron chi connectivity index (χ2n) is 5.25. The lowest BCUT2D eigenvalue weighted by molar-refractivity contribution is 0.0918. The van der Waals surface area contributed by atoms with Gasteiger partial charge in [-0.2, -0.15) is 0 Å². The third-order valence-electron chi connectivity index (χ3n) is 4.14. The van der Waals surface area contributed by atoms with E-state index in [-0.39, 0.29) is 0 Å². The van der Waals surface area contributed by atoms with Crippen molar-refractivity contribution in [1.29, 1.82) is 0 Å². The third kappa shape index (κ3) is 5.36. The van der Waals surface area contributed by atoms with Crippen LogP contribution in [0.2, 0.25) is 0 Å². The van der Waals surface area contributed by atoms with Crippen LogP contribution < -0.4 is 5.73 Å². The number of nitrogens with two attached hydrogens (primary N) is 1. The Morgan fingerprint density at radius 1 is 1.18 bits per heavy atom. The van der Waals surface area contributed by atoms with Crippen molar-refractivity contribution in [3.8, 4) is 0 Å². The molecule has 0 unspecified atom stereocenters. The van der Waals surface area contributed by atoms with Gasteiger partial charge >= 0.3 is 0 Å². The van der Waals surface area contributed by atoms with Crippen LogP contribution in [0.4, 0.5) is 0 Å². The minimum atomic E-state index is 0.777. The Labute approximate surface area is 107 Å². The highest BCUT2D eigenvalue weighted by Gasteiger charge is 2.24. The number of hydrogen-bond donors (Lipinski definition) is 1. The molecular formula is C14H30N2O. The number of nitrogens with zero attached hydrogens (tertiary/aromatic N) is 1. The second-order valence-corrected chi connectivity index (χ2v) is 5.25. The summed E-state index contributed by atoms with van der Waals surface area (Å²) in [7, 11) is 1.79. The van der Waals surface area contributed by atoms with E-state index in [2.05, 4.69) is 11.8 Å². The first-order valence-corrected chi connectivity index (χ1v) is 7.24. The fraction of sp³-hybridized carbons (Fsp3) is 1.00. The van der Waals surface area contributed by atoms with Gasteiger partial charge in [0.1, 0.15) is 0 Å². The summed E-state index contributed by atoms with van der Waals surface area (Å²) in [6.45, 7) is 6.17. The zero-order valence-electron chi connectivity index (χ0n) is 11.7. The average Bonchev–Trinajstić information content (AvgIpc) is 2.39. The molecular weight excluding hydrogens is 212 g/mol. The molecule has 0 saturated heterocycles. The molecule has 0 heterocycles. The standard InChI is InChI=1S/C14H30N2O/c1-3-13-5-7-14(8-6-13)16(10-4-9-15)11-12-17-2/h13-14H,3-12,15H2,1-2H3. The summed E-state index contributed by atoms with van der Waals surface area (Å²) in [4.78, 5) is 2.60. The Morgan fingerprint density at radius 2 is 1.88 bits per heavy atom. The normalized spacial score (nSPS) is 25.4. The summed E-state index contributed by atoms with van der Waals surface area (Å²) in [5.74, 6) is 0.977. The molecule has 0 aromatic heterocycles. The molecule has 1 rings (SSSR count). The van der Waals surface area contributed by atoms with E-state index in [4.69, 9.17) is 10.5 Å². The van der Waals surface area contributed by atoms with E-state index in [1.807, 2.05) is 0 Å². The van der Waals surface area contributed by atoms with Gasteiger partial charge in [0.15, 0.2) is 0 Å².